The second-order valence-electron chi connectivity index (χ2n) is 22.9. The van der Waals surface area contributed by atoms with E-state index in [0.29, 0.717) is 51.4 Å². The van der Waals surface area contributed by atoms with Crippen molar-refractivity contribution in [1.82, 2.24) is 0 Å². The van der Waals surface area contributed by atoms with Crippen molar-refractivity contribution >= 4 is 11.9 Å². The Morgan fingerprint density at radius 1 is 0.712 bits per heavy atom. The van der Waals surface area contributed by atoms with Gasteiger partial charge in [0.1, 0.15) is 54.9 Å². The number of aliphatic hydroxyl groups excluding tert-OH is 10. The summed E-state index contributed by atoms with van der Waals surface area (Å²) in [6, 6.07) is 0. The zero-order chi connectivity index (χ0) is 48.4. The maximum absolute atomic E-state index is 15.2. The monoisotopic (exact) mass is 942 g/mol. The van der Waals surface area contributed by atoms with Crippen LogP contribution in [-0.4, -0.2) is 180 Å². The zero-order valence-electron chi connectivity index (χ0n) is 39.0. The molecule has 3 aliphatic heterocycles. The summed E-state index contributed by atoms with van der Waals surface area (Å²) in [5.41, 5.74) is -3.10. The Bertz CT molecular complexity index is 1860. The van der Waals surface area contributed by atoms with Crippen molar-refractivity contribution in [2.24, 2.45) is 50.2 Å². The minimum Gasteiger partial charge on any atom is -0.481 e. The Morgan fingerprint density at radius 3 is 2.02 bits per heavy atom. The fourth-order valence-corrected chi connectivity index (χ4v) is 14.7. The maximum atomic E-state index is 15.2. The summed E-state index contributed by atoms with van der Waals surface area (Å²) < 4.78 is 35.3. The summed E-state index contributed by atoms with van der Waals surface area (Å²) >= 11 is 0. The van der Waals surface area contributed by atoms with Crippen LogP contribution in [0.2, 0.25) is 0 Å². The van der Waals surface area contributed by atoms with Gasteiger partial charge in [0.2, 0.25) is 6.29 Å². The average Bonchev–Trinajstić information content (AvgIpc) is 3.25. The number of carbonyl (C=O) groups is 2. The molecule has 0 aromatic rings. The van der Waals surface area contributed by atoms with E-state index in [-0.39, 0.29) is 41.6 Å². The number of allylic oxidation sites excluding steroid dienone is 2. The summed E-state index contributed by atoms with van der Waals surface area (Å²) in [6.45, 7) is 12.9. The van der Waals surface area contributed by atoms with Crippen molar-refractivity contribution < 1.29 is 94.2 Å². The van der Waals surface area contributed by atoms with Crippen molar-refractivity contribution in [2.45, 2.75) is 204 Å². The van der Waals surface area contributed by atoms with Crippen LogP contribution in [0.5, 0.6) is 0 Å². The van der Waals surface area contributed by atoms with E-state index >= 15 is 4.79 Å². The van der Waals surface area contributed by atoms with Gasteiger partial charge in [-0.25, -0.2) is 0 Å². The topological polar surface area (TPSA) is 312 Å². The van der Waals surface area contributed by atoms with E-state index in [1.807, 2.05) is 0 Å². The molecule has 3 unspecified atom stereocenters. The zero-order valence-corrected chi connectivity index (χ0v) is 39.0. The molecule has 0 aromatic carbocycles. The lowest BCUT2D eigenvalue weighted by atomic mass is 9.33. The van der Waals surface area contributed by atoms with Crippen LogP contribution in [0.1, 0.15) is 106 Å². The first kappa shape index (κ1) is 50.5. The van der Waals surface area contributed by atoms with Crippen LogP contribution in [0.4, 0.5) is 0 Å². The predicted octanol–water partition coefficient (Wildman–Crippen LogP) is -0.157. The standard InChI is InChI=1S/C47H74O19/c1-20-34(64-37-32(55)28(51)24(50)19-61-37)31(54)33(56)38(62-20)65-35-30(53)29(52)25(18-48)63-39(35)66-41(60)47-14-12-42(2,3)16-22(47)21-8-9-26-43(4)17-23(49)36(57)46(7,40(58)59)27(43)10-11-45(26,6)44(21,5)13-15-47/h8,20,22-39,48-57H,9-19H2,1-7H3,(H,58,59)/t20-,22?,23-,24+,25+,26?,27?,28-,29+,30-,31-,32+,33+,34-,35+,36-,37-,38-,39-,43+,44+,45+,46-,47-/m0/s1. The third-order valence-electron chi connectivity index (χ3n) is 19.0. The number of ether oxygens (including phenoxy) is 6. The van der Waals surface area contributed by atoms with Gasteiger partial charge >= 0.3 is 11.9 Å². The molecule has 3 saturated heterocycles. The number of carboxylic acid groups (broad SMARTS) is 1. The molecule has 0 radical (unpaired) electrons. The van der Waals surface area contributed by atoms with Gasteiger partial charge in [-0.1, -0.05) is 46.3 Å². The number of aliphatic hydroxyl groups is 10. The number of aliphatic carboxylic acids is 1. The quantitative estimate of drug-likeness (QED) is 0.111. The SMILES string of the molecule is C[C@@H]1O[C@@H](O[C@H]2[C@H](OC(=O)[C@]34CCC(C)(C)CC3C3=CCC5[C@@]6(C)C[C@H](O)[C@H](O)[C@@](C)(C(=O)O)C6CC[C@@]5(C)[C@]3(C)CC4)O[C@H](CO)[C@@H](O)[C@@H]2O)[C@H](O)[C@H](O)[C@H]1O[C@@H]1OC[C@@H](O)[C@H](O)[C@H]1O. The number of rotatable bonds is 8. The molecular formula is C47H74O19. The number of hydrogen-bond acceptors (Lipinski definition) is 18. The highest BCUT2D eigenvalue weighted by molar-refractivity contribution is 5.79. The molecule has 376 valence electrons. The molecule has 24 atom stereocenters. The number of fused-ring (bicyclic) bond motifs is 7. The van der Waals surface area contributed by atoms with Crippen LogP contribution >= 0.6 is 0 Å². The van der Waals surface area contributed by atoms with Gasteiger partial charge in [-0.3, -0.25) is 9.59 Å². The van der Waals surface area contributed by atoms with Gasteiger partial charge in [-0.15, -0.1) is 0 Å². The molecule has 5 aliphatic carbocycles. The third-order valence-corrected chi connectivity index (χ3v) is 19.0. The van der Waals surface area contributed by atoms with Gasteiger partial charge in [0, 0.05) is 0 Å². The van der Waals surface area contributed by atoms with E-state index in [1.54, 1.807) is 6.92 Å². The largest absolute Gasteiger partial charge is 0.481 e. The summed E-state index contributed by atoms with van der Waals surface area (Å²) in [5.74, 6) is -2.48. The van der Waals surface area contributed by atoms with Crippen molar-refractivity contribution in [3.8, 4) is 0 Å². The molecule has 4 saturated carbocycles. The predicted molar refractivity (Wildman–Crippen MR) is 226 cm³/mol. The maximum Gasteiger partial charge on any atom is 0.315 e. The van der Waals surface area contributed by atoms with Crippen LogP contribution in [0.15, 0.2) is 11.6 Å². The lowest BCUT2D eigenvalue weighted by Crippen LogP contribution is -2.69. The Labute approximate surface area is 385 Å². The number of carboxylic acids is 1. The highest BCUT2D eigenvalue weighted by Crippen LogP contribution is 2.76. The average molecular weight is 943 g/mol. The van der Waals surface area contributed by atoms with Crippen molar-refractivity contribution in [3.05, 3.63) is 11.6 Å². The highest BCUT2D eigenvalue weighted by Gasteiger charge is 2.72. The summed E-state index contributed by atoms with van der Waals surface area (Å²) in [7, 11) is 0. The molecular weight excluding hydrogens is 868 g/mol. The Balaban J connectivity index is 1.06. The van der Waals surface area contributed by atoms with Crippen LogP contribution in [-0.2, 0) is 38.0 Å². The lowest BCUT2D eigenvalue weighted by molar-refractivity contribution is -0.375. The fraction of sp³-hybridized carbons (Fsp3) is 0.915. The number of hydrogen-bond donors (Lipinski definition) is 11. The Kier molecular flexibility index (Phi) is 13.3. The van der Waals surface area contributed by atoms with Crippen LogP contribution in [0.25, 0.3) is 0 Å². The van der Waals surface area contributed by atoms with Crippen LogP contribution < -0.4 is 0 Å². The third kappa shape index (κ3) is 7.56. The van der Waals surface area contributed by atoms with Gasteiger partial charge in [0.05, 0.1) is 42.4 Å². The molecule has 66 heavy (non-hydrogen) atoms. The van der Waals surface area contributed by atoms with Gasteiger partial charge in [-0.2, -0.15) is 0 Å². The molecule has 11 N–H and O–H groups in total. The summed E-state index contributed by atoms with van der Waals surface area (Å²) in [4.78, 5) is 28.1. The molecule has 0 amide bonds. The van der Waals surface area contributed by atoms with Crippen molar-refractivity contribution in [2.75, 3.05) is 13.2 Å². The second-order valence-corrected chi connectivity index (χ2v) is 22.9. The molecule has 0 aromatic heterocycles. The van der Waals surface area contributed by atoms with E-state index in [0.717, 1.165) is 5.57 Å². The number of carbonyl (C=O) groups excluding carboxylic acids is 1. The first-order valence-electron chi connectivity index (χ1n) is 23.8. The Morgan fingerprint density at radius 2 is 1.35 bits per heavy atom. The van der Waals surface area contributed by atoms with Gasteiger partial charge < -0.3 is 84.6 Å². The van der Waals surface area contributed by atoms with Crippen molar-refractivity contribution in [3.63, 3.8) is 0 Å². The van der Waals surface area contributed by atoms with E-state index < -0.39 is 138 Å². The molecule has 19 nitrogen and oxygen atoms in total. The first-order valence-corrected chi connectivity index (χ1v) is 23.8. The molecule has 3 heterocycles. The van der Waals surface area contributed by atoms with E-state index in [2.05, 4.69) is 40.7 Å². The van der Waals surface area contributed by atoms with Crippen LogP contribution in [0.3, 0.4) is 0 Å². The van der Waals surface area contributed by atoms with Gasteiger partial charge in [-0.05, 0) is 111 Å². The minimum absolute atomic E-state index is 0.0409. The summed E-state index contributed by atoms with van der Waals surface area (Å²) in [6.07, 6.45) is -18.0. The minimum atomic E-state index is -1.89. The van der Waals surface area contributed by atoms with Crippen molar-refractivity contribution in [1.29, 1.82) is 0 Å². The lowest BCUT2D eigenvalue weighted by Gasteiger charge is -2.71. The second kappa shape index (κ2) is 17.4. The molecule has 7 fully saturated rings. The van der Waals surface area contributed by atoms with Crippen LogP contribution in [0, 0.1) is 50.2 Å². The molecule has 19 heteroatoms. The van der Waals surface area contributed by atoms with E-state index in [1.165, 1.54) is 6.92 Å². The highest BCUT2D eigenvalue weighted by atomic mass is 16.8. The van der Waals surface area contributed by atoms with Gasteiger partial charge in [0.25, 0.3) is 0 Å². The molecule has 0 bridgehead atoms. The van der Waals surface area contributed by atoms with Gasteiger partial charge in [0.15, 0.2) is 18.7 Å². The van der Waals surface area contributed by atoms with E-state index in [4.69, 9.17) is 28.4 Å². The van der Waals surface area contributed by atoms with E-state index in [9.17, 15) is 61.0 Å². The fourth-order valence-electron chi connectivity index (χ4n) is 14.7. The normalized spacial score (nSPS) is 54.7. The molecule has 8 aliphatic rings. The first-order chi connectivity index (χ1) is 30.7. The summed E-state index contributed by atoms with van der Waals surface area (Å²) in [5, 5.41) is 119. The molecule has 8 rings (SSSR count). The Hall–Kier alpha value is -1.92. The molecule has 0 spiro atoms. The smallest absolute Gasteiger partial charge is 0.315 e. The number of esters is 1.